The molecule has 1 aromatic carbocycles. The van der Waals surface area contributed by atoms with E-state index in [2.05, 4.69) is 34.4 Å². The molecule has 4 heterocycles. The van der Waals surface area contributed by atoms with Gasteiger partial charge >= 0.3 is 15.9 Å². The Balaban J connectivity index is 1.13. The SMILES string of the molecule is CC(C)C[C@H](NC(=O)[C@H](Cc1ccccc1)NC(=O)c1cnccn1)B1OCC(COCCC[Si]23OC(C)C(O2)C(C)O3)O1. The lowest BCUT2D eigenvalue weighted by Crippen LogP contribution is -2.55. The van der Waals surface area contributed by atoms with Crippen LogP contribution in [0.25, 0.3) is 0 Å². The predicted molar refractivity (Wildman–Crippen MR) is 163 cm³/mol. The van der Waals surface area contributed by atoms with Crippen molar-refractivity contribution in [3.05, 3.63) is 60.2 Å². The van der Waals surface area contributed by atoms with Gasteiger partial charge in [-0.15, -0.1) is 0 Å². The molecule has 3 fully saturated rings. The second kappa shape index (κ2) is 15.0. The van der Waals surface area contributed by atoms with Crippen LogP contribution in [0.3, 0.4) is 0 Å². The molecule has 1 aromatic heterocycles. The van der Waals surface area contributed by atoms with Crippen molar-refractivity contribution >= 4 is 27.7 Å². The van der Waals surface area contributed by atoms with Gasteiger partial charge in [0.1, 0.15) is 11.7 Å². The van der Waals surface area contributed by atoms with Crippen LogP contribution in [0.4, 0.5) is 0 Å². The third-order valence-electron chi connectivity index (χ3n) is 7.90. The Morgan fingerprint density at radius 3 is 2.55 bits per heavy atom. The number of nitrogens with one attached hydrogen (secondary N) is 2. The van der Waals surface area contributed by atoms with Crippen LogP contribution < -0.4 is 10.6 Å². The summed E-state index contributed by atoms with van der Waals surface area (Å²) in [6, 6.07) is 9.42. The second-order valence-electron chi connectivity index (χ2n) is 12.1. The summed E-state index contributed by atoms with van der Waals surface area (Å²) < 4.78 is 36.3. The number of benzene rings is 1. The first-order valence-electron chi connectivity index (χ1n) is 15.5. The Morgan fingerprint density at radius 1 is 1.09 bits per heavy atom. The molecule has 0 radical (unpaired) electrons. The number of carbonyl (C=O) groups excluding carboxylic acids is 2. The number of amides is 2. The summed E-state index contributed by atoms with van der Waals surface area (Å²) in [5, 5.41) is 5.93. The fourth-order valence-electron chi connectivity index (χ4n) is 5.85. The van der Waals surface area contributed by atoms with Crippen LogP contribution in [0, 0.1) is 5.92 Å². The average molecular weight is 627 g/mol. The smallest absolute Gasteiger partial charge is 0.407 e. The highest BCUT2D eigenvalue weighted by atomic mass is 28.4. The van der Waals surface area contributed by atoms with Crippen LogP contribution in [0.1, 0.15) is 56.6 Å². The first-order valence-corrected chi connectivity index (χ1v) is 17.4. The normalized spacial score (nSPS) is 27.4. The highest BCUT2D eigenvalue weighted by Crippen LogP contribution is 2.40. The van der Waals surface area contributed by atoms with Gasteiger partial charge in [-0.1, -0.05) is 44.2 Å². The lowest BCUT2D eigenvalue weighted by molar-refractivity contribution is -0.123. The predicted octanol–water partition coefficient (Wildman–Crippen LogP) is 2.36. The van der Waals surface area contributed by atoms with Crippen LogP contribution in [-0.2, 0) is 38.5 Å². The van der Waals surface area contributed by atoms with Crippen molar-refractivity contribution in [1.29, 1.82) is 0 Å². The van der Waals surface area contributed by atoms with Gasteiger partial charge < -0.3 is 38.0 Å². The van der Waals surface area contributed by atoms with Crippen molar-refractivity contribution in [2.24, 2.45) is 5.92 Å². The van der Waals surface area contributed by atoms with E-state index in [1.807, 2.05) is 44.2 Å². The van der Waals surface area contributed by atoms with E-state index in [0.717, 1.165) is 18.0 Å². The highest BCUT2D eigenvalue weighted by Gasteiger charge is 2.60. The Bertz CT molecular complexity index is 1220. The molecular formula is C30H43BN4O8Si. The molecule has 5 rings (SSSR count). The van der Waals surface area contributed by atoms with Gasteiger partial charge in [0, 0.05) is 31.5 Å². The molecular weight excluding hydrogens is 583 g/mol. The zero-order chi connectivity index (χ0) is 31.1. The van der Waals surface area contributed by atoms with Gasteiger partial charge in [0.25, 0.3) is 5.91 Å². The van der Waals surface area contributed by atoms with Crippen LogP contribution in [0.15, 0.2) is 48.9 Å². The fraction of sp³-hybridized carbons (Fsp3) is 0.600. The minimum Gasteiger partial charge on any atom is -0.407 e. The van der Waals surface area contributed by atoms with E-state index < -0.39 is 33.8 Å². The van der Waals surface area contributed by atoms with Crippen LogP contribution in [0.2, 0.25) is 6.04 Å². The molecule has 2 aromatic rings. The number of carbonyl (C=O) groups is 2. The van der Waals surface area contributed by atoms with Crippen LogP contribution >= 0.6 is 0 Å². The first kappa shape index (κ1) is 32.7. The minimum absolute atomic E-state index is 0.0332. The second-order valence-corrected chi connectivity index (χ2v) is 14.7. The number of hydrogen-bond acceptors (Lipinski definition) is 10. The van der Waals surface area contributed by atoms with Crippen LogP contribution in [0.5, 0.6) is 0 Å². The molecule has 0 saturated carbocycles. The molecule has 3 aliphatic rings. The first-order chi connectivity index (χ1) is 21.2. The van der Waals surface area contributed by atoms with Crippen molar-refractivity contribution in [2.45, 2.75) is 89.4 Å². The van der Waals surface area contributed by atoms with Gasteiger partial charge in [-0.05, 0) is 38.2 Å². The molecule has 2 amide bonds. The molecule has 3 aliphatic heterocycles. The molecule has 44 heavy (non-hydrogen) atoms. The summed E-state index contributed by atoms with van der Waals surface area (Å²) in [4.78, 5) is 34.6. The summed E-state index contributed by atoms with van der Waals surface area (Å²) in [6.45, 7) is 9.48. The van der Waals surface area contributed by atoms with E-state index in [1.165, 1.54) is 18.6 Å². The Labute approximate surface area is 260 Å². The third kappa shape index (κ3) is 8.50. The highest BCUT2D eigenvalue weighted by molar-refractivity contribution is 6.62. The Kier molecular flexibility index (Phi) is 11.2. The van der Waals surface area contributed by atoms with Crippen molar-refractivity contribution in [3.8, 4) is 0 Å². The summed E-state index contributed by atoms with van der Waals surface area (Å²) >= 11 is 0. The molecule has 3 unspecified atom stereocenters. The zero-order valence-corrected chi connectivity index (χ0v) is 26.8. The van der Waals surface area contributed by atoms with Gasteiger partial charge in [0.05, 0.1) is 49.8 Å². The largest absolute Gasteiger partial charge is 0.502 e. The molecule has 5 atom stereocenters. The summed E-state index contributed by atoms with van der Waals surface area (Å²) in [5.41, 5.74) is 1.05. The Morgan fingerprint density at radius 2 is 1.86 bits per heavy atom. The maximum absolute atomic E-state index is 13.7. The Hall–Kier alpha value is -2.72. The molecule has 3 saturated heterocycles. The summed E-state index contributed by atoms with van der Waals surface area (Å²) in [7, 11) is -3.21. The molecule has 2 N–H and O–H groups in total. The van der Waals surface area contributed by atoms with Gasteiger partial charge in [-0.25, -0.2) is 4.98 Å². The quantitative estimate of drug-likeness (QED) is 0.224. The van der Waals surface area contributed by atoms with Crippen molar-refractivity contribution in [3.63, 3.8) is 0 Å². The van der Waals surface area contributed by atoms with E-state index in [0.29, 0.717) is 32.7 Å². The number of nitrogens with zero attached hydrogens (tertiary/aromatic N) is 2. The minimum atomic E-state index is -2.57. The van der Waals surface area contributed by atoms with Crippen molar-refractivity contribution < 1.29 is 36.9 Å². The number of ether oxygens (including phenoxy) is 1. The molecule has 14 heteroatoms. The number of rotatable bonds is 15. The van der Waals surface area contributed by atoms with Gasteiger partial charge in [0.2, 0.25) is 5.91 Å². The van der Waals surface area contributed by atoms with E-state index in [1.54, 1.807) is 0 Å². The maximum atomic E-state index is 13.7. The van der Waals surface area contributed by atoms with Gasteiger partial charge in [0.15, 0.2) is 0 Å². The molecule has 2 bridgehead atoms. The van der Waals surface area contributed by atoms with Crippen LogP contribution in [-0.4, -0.2) is 93.9 Å². The molecule has 12 nitrogen and oxygen atoms in total. The maximum Gasteiger partial charge on any atom is 0.502 e. The van der Waals surface area contributed by atoms with E-state index in [4.69, 9.17) is 27.3 Å². The zero-order valence-electron chi connectivity index (χ0n) is 25.8. The van der Waals surface area contributed by atoms with Crippen molar-refractivity contribution in [1.82, 2.24) is 20.6 Å². The number of aromatic nitrogens is 2. The fourth-order valence-corrected chi connectivity index (χ4v) is 9.15. The van der Waals surface area contributed by atoms with E-state index in [-0.39, 0.29) is 41.9 Å². The number of hydrogen-bond donors (Lipinski definition) is 2. The van der Waals surface area contributed by atoms with Gasteiger partial charge in [-0.3, -0.25) is 14.6 Å². The number of fused-ring (bicyclic) bond motifs is 2. The standard InChI is InChI=1S/C30H43BN4O8Si/c1-20(2)15-27(31-39-19-24(40-31)18-38-13-8-14-44-41-21(3)28(43-44)22(4)42-44)35-29(36)25(16-23-9-6-5-7-10-23)34-30(37)26-17-32-11-12-33-26/h5-7,9-12,17,20-22,24-25,27-28H,8,13-16,18-19H2,1-4H3,(H,34,37)(H,35,36)/t21?,22?,24?,25-,27-,28?,44?/m0/s1. The molecule has 238 valence electrons. The van der Waals surface area contributed by atoms with E-state index in [9.17, 15) is 9.59 Å². The average Bonchev–Trinajstić information content (AvgIpc) is 3.70. The lowest BCUT2D eigenvalue weighted by atomic mass is 9.74. The molecule has 0 aliphatic carbocycles. The topological polar surface area (TPSA) is 139 Å². The lowest BCUT2D eigenvalue weighted by Gasteiger charge is -2.26. The third-order valence-corrected chi connectivity index (χ3v) is 11.0. The van der Waals surface area contributed by atoms with Gasteiger partial charge in [-0.2, -0.15) is 0 Å². The monoisotopic (exact) mass is 626 g/mol. The van der Waals surface area contributed by atoms with E-state index >= 15 is 0 Å². The van der Waals surface area contributed by atoms with Crippen molar-refractivity contribution in [2.75, 3.05) is 19.8 Å². The summed E-state index contributed by atoms with van der Waals surface area (Å²) in [5.74, 6) is -0.964. The molecule has 0 spiro atoms. The summed E-state index contributed by atoms with van der Waals surface area (Å²) in [6.07, 6.45) is 5.93.